The summed E-state index contributed by atoms with van der Waals surface area (Å²) in [5, 5.41) is 25.3. The monoisotopic (exact) mass is 397 g/mol. The molecule has 9 nitrogen and oxygen atoms in total. The Balaban J connectivity index is 0.000000194. The summed E-state index contributed by atoms with van der Waals surface area (Å²) in [7, 11) is 0. The summed E-state index contributed by atoms with van der Waals surface area (Å²) < 4.78 is 4.62. The maximum atomic E-state index is 11.5. The normalized spacial score (nSPS) is 23.0. The number of amides is 1. The summed E-state index contributed by atoms with van der Waals surface area (Å²) in [6.45, 7) is 1.64. The second-order valence-corrected chi connectivity index (χ2v) is 6.97. The first-order chi connectivity index (χ1) is 12.9. The van der Waals surface area contributed by atoms with Crippen LogP contribution >= 0.6 is 12.6 Å². The van der Waals surface area contributed by atoms with Crippen LogP contribution in [0.15, 0.2) is 24.3 Å². The number of benzene rings is 1. The van der Waals surface area contributed by atoms with Gasteiger partial charge in [-0.15, -0.1) is 0 Å². The minimum absolute atomic E-state index is 0.0551. The van der Waals surface area contributed by atoms with Gasteiger partial charge in [-0.3, -0.25) is 14.9 Å². The molecule has 3 heterocycles. The Labute approximate surface area is 162 Å². The van der Waals surface area contributed by atoms with Crippen molar-refractivity contribution in [2.75, 3.05) is 19.7 Å². The van der Waals surface area contributed by atoms with E-state index in [0.29, 0.717) is 22.9 Å². The van der Waals surface area contributed by atoms with Crippen molar-refractivity contribution >= 4 is 24.5 Å². The number of esters is 1. The first kappa shape index (κ1) is 21.1. The Morgan fingerprint density at radius 3 is 2.63 bits per heavy atom. The number of ether oxygens (including phenoxy) is 1. The Morgan fingerprint density at radius 2 is 2.07 bits per heavy atom. The number of hydrogen-bond acceptors (Lipinski definition) is 8. The van der Waals surface area contributed by atoms with E-state index in [1.54, 1.807) is 0 Å². The van der Waals surface area contributed by atoms with Crippen molar-refractivity contribution in [2.24, 2.45) is 0 Å². The average molecular weight is 397 g/mol. The molecule has 1 saturated heterocycles. The van der Waals surface area contributed by atoms with Crippen molar-refractivity contribution in [3.05, 3.63) is 45.5 Å². The molecule has 1 aromatic rings. The summed E-state index contributed by atoms with van der Waals surface area (Å²) in [6.07, 6.45) is 1.02. The lowest BCUT2D eigenvalue weighted by atomic mass is 10.1. The van der Waals surface area contributed by atoms with Crippen LogP contribution in [-0.4, -0.2) is 52.9 Å². The van der Waals surface area contributed by atoms with Crippen LogP contribution in [0.2, 0.25) is 0 Å². The number of hydrogen-bond donors (Lipinski definition) is 4. The van der Waals surface area contributed by atoms with Gasteiger partial charge in [0.15, 0.2) is 0 Å². The van der Waals surface area contributed by atoms with Crippen LogP contribution in [0.25, 0.3) is 0 Å². The van der Waals surface area contributed by atoms with Crippen LogP contribution in [-0.2, 0) is 9.53 Å². The van der Waals surface area contributed by atoms with E-state index < -0.39 is 17.1 Å². The average Bonchev–Trinajstić information content (AvgIpc) is 2.95. The highest BCUT2D eigenvalue weighted by molar-refractivity contribution is 7.81. The van der Waals surface area contributed by atoms with Crippen molar-refractivity contribution in [2.45, 2.75) is 36.8 Å². The quantitative estimate of drug-likeness (QED) is 0.182. The van der Waals surface area contributed by atoms with Crippen molar-refractivity contribution in [1.29, 1.82) is 0 Å². The van der Waals surface area contributed by atoms with E-state index in [4.69, 9.17) is 5.11 Å². The molecule has 3 unspecified atom stereocenters. The number of carbonyl (C=O) groups excluding carboxylic acids is 2. The Kier molecular flexibility index (Phi) is 8.01. The van der Waals surface area contributed by atoms with Crippen molar-refractivity contribution in [3.8, 4) is 0 Å². The summed E-state index contributed by atoms with van der Waals surface area (Å²) in [5.74, 6) is -0.596. The number of thiol groups is 1. The molecule has 2 bridgehead atoms. The van der Waals surface area contributed by atoms with Crippen molar-refractivity contribution in [3.63, 3.8) is 0 Å². The lowest BCUT2D eigenvalue weighted by Gasteiger charge is -2.10. The molecule has 4 rings (SSSR count). The zero-order valence-electron chi connectivity index (χ0n) is 14.7. The van der Waals surface area contributed by atoms with Gasteiger partial charge in [0.1, 0.15) is 0 Å². The molecular weight excluding hydrogens is 374 g/mol. The van der Waals surface area contributed by atoms with Gasteiger partial charge in [-0.2, -0.15) is 12.6 Å². The number of nitro groups is 1. The second-order valence-electron chi connectivity index (χ2n) is 6.24. The molecule has 1 aromatic carbocycles. The third-order valence-electron chi connectivity index (χ3n) is 4.15. The van der Waals surface area contributed by atoms with Crippen LogP contribution in [0.5, 0.6) is 0 Å². The Hall–Kier alpha value is -2.17. The third-order valence-corrected chi connectivity index (χ3v) is 4.54. The zero-order chi connectivity index (χ0) is 19.8. The predicted octanol–water partition coefficient (Wildman–Crippen LogP) is 0.668. The van der Waals surface area contributed by atoms with Crippen LogP contribution in [0.1, 0.15) is 41.4 Å². The molecule has 0 spiro atoms. The molecule has 0 saturated carbocycles. The summed E-state index contributed by atoms with van der Waals surface area (Å²) in [6, 6.07) is 6.00. The Morgan fingerprint density at radius 1 is 1.37 bits per heavy atom. The van der Waals surface area contributed by atoms with Crippen LogP contribution < -0.4 is 10.6 Å². The maximum absolute atomic E-state index is 11.5. The van der Waals surface area contributed by atoms with Gasteiger partial charge in [0.2, 0.25) is 5.91 Å². The highest BCUT2D eigenvalue weighted by Gasteiger charge is 2.31. The van der Waals surface area contributed by atoms with Crippen LogP contribution in [0.3, 0.4) is 0 Å². The number of carbonyl (C=O) groups is 2. The van der Waals surface area contributed by atoms with E-state index in [9.17, 15) is 19.7 Å². The number of nitrogens with zero attached hydrogens (tertiary/aromatic N) is 1. The minimum Gasteiger partial charge on any atom is -0.396 e. The van der Waals surface area contributed by atoms with Gasteiger partial charge in [-0.05, 0) is 43.5 Å². The van der Waals surface area contributed by atoms with Crippen LogP contribution in [0.4, 0.5) is 0 Å². The number of aliphatic hydroxyl groups is 1. The fourth-order valence-electron chi connectivity index (χ4n) is 2.67. The maximum Gasteiger partial charge on any atom is 0.383 e. The molecule has 3 aliphatic rings. The first-order valence-electron chi connectivity index (χ1n) is 8.67. The molecule has 3 N–H and O–H groups in total. The zero-order valence-corrected chi connectivity index (χ0v) is 15.6. The molecule has 3 atom stereocenters. The standard InChI is InChI=1S/C9H18N2O2S.C8H5NO4/c12-4-2-1-3-10-9(13)8-5-7(14)6-11-8;10-8-6-3-1-5(2-4-6)7(13-8)9(11)12/h7-8,11-12,14H,1-6H2,(H,10,13);1-4,7H. The molecule has 3 aliphatic heterocycles. The minimum atomic E-state index is -1.36. The fraction of sp³-hybridized carbons (Fsp3) is 0.529. The molecule has 0 radical (unpaired) electrons. The number of aliphatic hydroxyl groups excluding tert-OH is 1. The molecule has 148 valence electrons. The third kappa shape index (κ3) is 6.19. The highest BCUT2D eigenvalue weighted by Crippen LogP contribution is 2.24. The van der Waals surface area contributed by atoms with Crippen LogP contribution in [0, 0.1) is 10.1 Å². The van der Waals surface area contributed by atoms with E-state index in [1.807, 2.05) is 0 Å². The Bertz CT molecular complexity index is 669. The number of fused-ring (bicyclic) bond motifs is 4. The van der Waals surface area contributed by atoms with E-state index in [0.717, 1.165) is 25.8 Å². The van der Waals surface area contributed by atoms with Crippen molar-refractivity contribution in [1.82, 2.24) is 10.6 Å². The van der Waals surface area contributed by atoms with Gasteiger partial charge >= 0.3 is 12.2 Å². The number of unbranched alkanes of at least 4 members (excludes halogenated alkanes) is 1. The lowest BCUT2D eigenvalue weighted by molar-refractivity contribution is -0.574. The second kappa shape index (κ2) is 10.2. The van der Waals surface area contributed by atoms with Crippen molar-refractivity contribution < 1.29 is 24.4 Å². The van der Waals surface area contributed by atoms with Gasteiger partial charge in [0.25, 0.3) is 0 Å². The molecule has 27 heavy (non-hydrogen) atoms. The van der Waals surface area contributed by atoms with E-state index >= 15 is 0 Å². The molecule has 10 heteroatoms. The fourth-order valence-corrected chi connectivity index (χ4v) is 2.99. The number of rotatable bonds is 6. The van der Waals surface area contributed by atoms with Gasteiger partial charge in [-0.25, -0.2) is 4.79 Å². The van der Waals surface area contributed by atoms with Gasteiger partial charge in [-0.1, -0.05) is 0 Å². The molecule has 1 amide bonds. The van der Waals surface area contributed by atoms with E-state index in [-0.39, 0.29) is 18.6 Å². The number of nitrogens with one attached hydrogen (secondary N) is 2. The molecule has 1 fully saturated rings. The van der Waals surface area contributed by atoms with E-state index in [2.05, 4.69) is 28.0 Å². The lowest BCUT2D eigenvalue weighted by Crippen LogP contribution is -2.40. The van der Waals surface area contributed by atoms with E-state index in [1.165, 1.54) is 24.3 Å². The summed E-state index contributed by atoms with van der Waals surface area (Å²) in [5.41, 5.74) is 0.729. The highest BCUT2D eigenvalue weighted by atomic mass is 32.1. The van der Waals surface area contributed by atoms with Gasteiger partial charge < -0.3 is 20.5 Å². The topological polar surface area (TPSA) is 131 Å². The molecule has 0 aromatic heterocycles. The largest absolute Gasteiger partial charge is 0.396 e. The smallest absolute Gasteiger partial charge is 0.383 e. The SMILES string of the molecule is O=C(NCCCCO)C1CC(S)CN1.O=C1OC([N+](=O)[O-])c2ccc1cc2. The van der Waals surface area contributed by atoms with Gasteiger partial charge in [0, 0.05) is 24.9 Å². The first-order valence-corrected chi connectivity index (χ1v) is 9.18. The predicted molar refractivity (Wildman–Crippen MR) is 100 cm³/mol. The summed E-state index contributed by atoms with van der Waals surface area (Å²) >= 11 is 4.30. The molecule has 0 aliphatic carbocycles. The molecular formula is C17H23N3O6S. The summed E-state index contributed by atoms with van der Waals surface area (Å²) in [4.78, 5) is 32.4. The van der Waals surface area contributed by atoms with Gasteiger partial charge in [0.05, 0.1) is 22.1 Å².